The van der Waals surface area contributed by atoms with Crippen LogP contribution < -0.4 is 5.32 Å². The van der Waals surface area contributed by atoms with E-state index in [-0.39, 0.29) is 0 Å². The molecule has 3 atom stereocenters. The van der Waals surface area contributed by atoms with Gasteiger partial charge in [0, 0.05) is 11.5 Å². The van der Waals surface area contributed by atoms with E-state index in [1.54, 1.807) is 0 Å². The lowest BCUT2D eigenvalue weighted by Gasteiger charge is -2.54. The summed E-state index contributed by atoms with van der Waals surface area (Å²) >= 11 is 0. The summed E-state index contributed by atoms with van der Waals surface area (Å²) in [5, 5.41) is 3.71. The van der Waals surface area contributed by atoms with Crippen molar-refractivity contribution in [2.45, 2.75) is 96.8 Å². The fourth-order valence-electron chi connectivity index (χ4n) is 3.75. The van der Waals surface area contributed by atoms with Crippen LogP contribution in [0, 0.1) is 5.41 Å². The Morgan fingerprint density at radius 2 is 1.79 bits per heavy atom. The summed E-state index contributed by atoms with van der Waals surface area (Å²) in [6, 6.07) is 0.674. The standard InChI is InChI=1S/C17H33NO/c1-4-12-18-15-13-16(17(15,3)5-2)19-14-10-8-6-7-9-11-14/h14-16,18H,4-13H2,1-3H3. The van der Waals surface area contributed by atoms with Gasteiger partial charge in [0.05, 0.1) is 12.2 Å². The van der Waals surface area contributed by atoms with Crippen molar-refractivity contribution in [2.24, 2.45) is 5.41 Å². The average Bonchev–Trinajstić information content (AvgIpc) is 2.69. The van der Waals surface area contributed by atoms with Gasteiger partial charge in [0.15, 0.2) is 0 Å². The quantitative estimate of drug-likeness (QED) is 0.725. The van der Waals surface area contributed by atoms with E-state index in [0.29, 0.717) is 23.7 Å². The van der Waals surface area contributed by atoms with Gasteiger partial charge in [-0.25, -0.2) is 0 Å². The molecule has 3 unspecified atom stereocenters. The summed E-state index contributed by atoms with van der Waals surface area (Å²) < 4.78 is 6.48. The minimum absolute atomic E-state index is 0.363. The molecule has 2 aliphatic rings. The number of ether oxygens (including phenoxy) is 1. The van der Waals surface area contributed by atoms with Crippen LogP contribution in [-0.4, -0.2) is 24.8 Å². The lowest BCUT2D eigenvalue weighted by atomic mass is 9.61. The van der Waals surface area contributed by atoms with Crippen LogP contribution in [0.5, 0.6) is 0 Å². The Balaban J connectivity index is 1.83. The van der Waals surface area contributed by atoms with Crippen LogP contribution >= 0.6 is 0 Å². The molecule has 0 aromatic heterocycles. The van der Waals surface area contributed by atoms with Crippen molar-refractivity contribution in [3.8, 4) is 0 Å². The summed E-state index contributed by atoms with van der Waals surface area (Å²) in [6.45, 7) is 8.14. The third kappa shape index (κ3) is 3.52. The van der Waals surface area contributed by atoms with Crippen molar-refractivity contribution in [1.29, 1.82) is 0 Å². The van der Waals surface area contributed by atoms with Gasteiger partial charge in [0.25, 0.3) is 0 Å². The highest BCUT2D eigenvalue weighted by Gasteiger charge is 2.51. The lowest BCUT2D eigenvalue weighted by Crippen LogP contribution is -2.62. The van der Waals surface area contributed by atoms with Crippen molar-refractivity contribution in [2.75, 3.05) is 6.54 Å². The van der Waals surface area contributed by atoms with Gasteiger partial charge in [0.2, 0.25) is 0 Å². The molecule has 112 valence electrons. The Morgan fingerprint density at radius 3 is 2.37 bits per heavy atom. The SMILES string of the molecule is CCCNC1CC(OC2CCCCCC2)C1(C)CC. The van der Waals surface area contributed by atoms with Gasteiger partial charge in [-0.2, -0.15) is 0 Å². The van der Waals surface area contributed by atoms with Crippen LogP contribution in [0.4, 0.5) is 0 Å². The van der Waals surface area contributed by atoms with Crippen LogP contribution in [0.25, 0.3) is 0 Å². The Kier molecular flexibility index (Phi) is 5.70. The van der Waals surface area contributed by atoms with Gasteiger partial charge in [-0.15, -0.1) is 0 Å². The molecule has 0 amide bonds. The first-order valence-electron chi connectivity index (χ1n) is 8.59. The molecule has 0 bridgehead atoms. The lowest BCUT2D eigenvalue weighted by molar-refractivity contribution is -0.159. The van der Waals surface area contributed by atoms with Crippen molar-refractivity contribution in [1.82, 2.24) is 5.32 Å². The van der Waals surface area contributed by atoms with Crippen LogP contribution in [0.2, 0.25) is 0 Å². The number of nitrogens with one attached hydrogen (secondary N) is 1. The molecule has 0 spiro atoms. The normalized spacial score (nSPS) is 36.8. The zero-order chi connectivity index (χ0) is 13.7. The molecule has 0 radical (unpaired) electrons. The minimum Gasteiger partial charge on any atom is -0.374 e. The van der Waals surface area contributed by atoms with Crippen molar-refractivity contribution >= 4 is 0 Å². The highest BCUT2D eigenvalue weighted by Crippen LogP contribution is 2.47. The summed E-state index contributed by atoms with van der Waals surface area (Å²) in [5.74, 6) is 0. The maximum atomic E-state index is 6.48. The second-order valence-corrected chi connectivity index (χ2v) is 6.84. The number of hydrogen-bond acceptors (Lipinski definition) is 2. The fraction of sp³-hybridized carbons (Fsp3) is 1.00. The largest absolute Gasteiger partial charge is 0.374 e. The monoisotopic (exact) mass is 267 g/mol. The maximum Gasteiger partial charge on any atom is 0.0662 e. The van der Waals surface area contributed by atoms with Gasteiger partial charge in [0.1, 0.15) is 0 Å². The second kappa shape index (κ2) is 7.08. The number of rotatable bonds is 6. The molecular weight excluding hydrogens is 234 g/mol. The first-order chi connectivity index (χ1) is 9.20. The predicted octanol–water partition coefficient (Wildman–Crippen LogP) is 4.28. The average molecular weight is 267 g/mol. The first kappa shape index (κ1) is 15.3. The Hall–Kier alpha value is -0.0800. The molecule has 2 saturated carbocycles. The predicted molar refractivity (Wildman–Crippen MR) is 81.5 cm³/mol. The summed E-state index contributed by atoms with van der Waals surface area (Å²) in [5.41, 5.74) is 0.363. The van der Waals surface area contributed by atoms with E-state index >= 15 is 0 Å². The Morgan fingerprint density at radius 1 is 1.11 bits per heavy atom. The molecule has 0 saturated heterocycles. The van der Waals surface area contributed by atoms with Gasteiger partial charge < -0.3 is 10.1 Å². The van der Waals surface area contributed by atoms with E-state index in [4.69, 9.17) is 4.74 Å². The molecule has 1 N–H and O–H groups in total. The molecule has 2 rings (SSSR count). The van der Waals surface area contributed by atoms with E-state index in [1.165, 1.54) is 57.8 Å². The van der Waals surface area contributed by atoms with Crippen molar-refractivity contribution in [3.63, 3.8) is 0 Å². The van der Waals surface area contributed by atoms with Gasteiger partial charge in [-0.3, -0.25) is 0 Å². The smallest absolute Gasteiger partial charge is 0.0662 e. The van der Waals surface area contributed by atoms with Crippen LogP contribution in [0.1, 0.15) is 78.6 Å². The molecular formula is C17H33NO. The third-order valence-electron chi connectivity index (χ3n) is 5.54. The van der Waals surface area contributed by atoms with Crippen molar-refractivity contribution in [3.05, 3.63) is 0 Å². The highest BCUT2D eigenvalue weighted by atomic mass is 16.5. The van der Waals surface area contributed by atoms with E-state index in [2.05, 4.69) is 26.1 Å². The minimum atomic E-state index is 0.363. The van der Waals surface area contributed by atoms with E-state index in [1.807, 2.05) is 0 Å². The summed E-state index contributed by atoms with van der Waals surface area (Å²) in [6.07, 6.45) is 12.9. The molecule has 19 heavy (non-hydrogen) atoms. The third-order valence-corrected chi connectivity index (χ3v) is 5.54. The fourth-order valence-corrected chi connectivity index (χ4v) is 3.75. The topological polar surface area (TPSA) is 21.3 Å². The zero-order valence-corrected chi connectivity index (χ0v) is 13.2. The Labute approximate surface area is 119 Å². The van der Waals surface area contributed by atoms with Gasteiger partial charge >= 0.3 is 0 Å². The highest BCUT2D eigenvalue weighted by molar-refractivity contribution is 5.05. The molecule has 0 aliphatic heterocycles. The molecule has 0 heterocycles. The molecule has 0 aromatic rings. The van der Waals surface area contributed by atoms with E-state index in [9.17, 15) is 0 Å². The van der Waals surface area contributed by atoms with E-state index in [0.717, 1.165) is 6.54 Å². The first-order valence-corrected chi connectivity index (χ1v) is 8.59. The Bertz CT molecular complexity index is 260. The maximum absolute atomic E-state index is 6.48. The van der Waals surface area contributed by atoms with Crippen LogP contribution in [0.15, 0.2) is 0 Å². The van der Waals surface area contributed by atoms with Crippen molar-refractivity contribution < 1.29 is 4.74 Å². The summed E-state index contributed by atoms with van der Waals surface area (Å²) in [7, 11) is 0. The van der Waals surface area contributed by atoms with Gasteiger partial charge in [-0.05, 0) is 38.6 Å². The number of hydrogen-bond donors (Lipinski definition) is 1. The second-order valence-electron chi connectivity index (χ2n) is 6.84. The molecule has 2 aliphatic carbocycles. The zero-order valence-electron chi connectivity index (χ0n) is 13.2. The molecule has 0 aromatic carbocycles. The molecule has 2 fully saturated rings. The van der Waals surface area contributed by atoms with E-state index < -0.39 is 0 Å². The molecule has 2 nitrogen and oxygen atoms in total. The van der Waals surface area contributed by atoms with Crippen LogP contribution in [-0.2, 0) is 4.74 Å². The van der Waals surface area contributed by atoms with Gasteiger partial charge in [-0.1, -0.05) is 46.5 Å². The summed E-state index contributed by atoms with van der Waals surface area (Å²) in [4.78, 5) is 0. The molecule has 2 heteroatoms. The van der Waals surface area contributed by atoms with Crippen LogP contribution in [0.3, 0.4) is 0 Å².